The fourth-order valence-electron chi connectivity index (χ4n) is 1.10. The summed E-state index contributed by atoms with van der Waals surface area (Å²) in [6.07, 6.45) is 2.33. The largest absolute Gasteiger partial charge is 0.505 e. The van der Waals surface area contributed by atoms with E-state index >= 15 is 0 Å². The Morgan fingerprint density at radius 3 is 2.92 bits per heavy atom. The minimum atomic E-state index is -0.664. The molecule has 70 valence electrons. The van der Waals surface area contributed by atoms with Gasteiger partial charge in [-0.2, -0.15) is 4.39 Å². The van der Waals surface area contributed by atoms with Gasteiger partial charge in [-0.05, 0) is 30.9 Å². The molecule has 0 spiro atoms. The molecule has 1 N–H and O–H groups in total. The molecule has 3 heteroatoms. The van der Waals surface area contributed by atoms with Crippen molar-refractivity contribution >= 4 is 0 Å². The van der Waals surface area contributed by atoms with E-state index in [-0.39, 0.29) is 11.5 Å². The molecule has 1 aromatic carbocycles. The SMILES string of the molecule is Oc1cccc(OCC2CC2)c1F. The highest BCUT2D eigenvalue weighted by Crippen LogP contribution is 2.31. The average molecular weight is 182 g/mol. The van der Waals surface area contributed by atoms with Crippen molar-refractivity contribution in [2.75, 3.05) is 6.61 Å². The highest BCUT2D eigenvalue weighted by atomic mass is 19.1. The fraction of sp³-hybridized carbons (Fsp3) is 0.400. The van der Waals surface area contributed by atoms with Gasteiger partial charge in [-0.25, -0.2) is 0 Å². The van der Waals surface area contributed by atoms with E-state index in [1.54, 1.807) is 6.07 Å². The van der Waals surface area contributed by atoms with E-state index in [1.165, 1.54) is 25.0 Å². The third-order valence-corrected chi connectivity index (χ3v) is 2.11. The molecule has 0 saturated heterocycles. The molecule has 0 atom stereocenters. The summed E-state index contributed by atoms with van der Waals surface area (Å²) in [4.78, 5) is 0. The summed E-state index contributed by atoms with van der Waals surface area (Å²) < 4.78 is 18.3. The Labute approximate surface area is 76.0 Å². The lowest BCUT2D eigenvalue weighted by Gasteiger charge is -2.06. The molecule has 1 aromatic rings. The van der Waals surface area contributed by atoms with Gasteiger partial charge in [-0.15, -0.1) is 0 Å². The van der Waals surface area contributed by atoms with Crippen molar-refractivity contribution in [1.29, 1.82) is 0 Å². The molecule has 0 radical (unpaired) electrons. The van der Waals surface area contributed by atoms with E-state index in [1.807, 2.05) is 0 Å². The summed E-state index contributed by atoms with van der Waals surface area (Å²) in [6, 6.07) is 4.40. The number of rotatable bonds is 3. The Morgan fingerprint density at radius 1 is 1.46 bits per heavy atom. The van der Waals surface area contributed by atoms with Crippen molar-refractivity contribution in [3.05, 3.63) is 24.0 Å². The Kier molecular flexibility index (Phi) is 2.08. The van der Waals surface area contributed by atoms with Crippen molar-refractivity contribution in [3.8, 4) is 11.5 Å². The van der Waals surface area contributed by atoms with E-state index in [2.05, 4.69) is 0 Å². The Bertz CT molecular complexity index is 308. The first-order chi connectivity index (χ1) is 6.27. The van der Waals surface area contributed by atoms with E-state index in [4.69, 9.17) is 9.84 Å². The molecule has 0 aliphatic heterocycles. The van der Waals surface area contributed by atoms with Crippen LogP contribution in [0.3, 0.4) is 0 Å². The van der Waals surface area contributed by atoms with Gasteiger partial charge in [0, 0.05) is 0 Å². The molecule has 0 heterocycles. The Balaban J connectivity index is 2.05. The molecule has 1 aliphatic carbocycles. The minimum absolute atomic E-state index is 0.145. The molecule has 1 aliphatic rings. The minimum Gasteiger partial charge on any atom is -0.505 e. The smallest absolute Gasteiger partial charge is 0.206 e. The van der Waals surface area contributed by atoms with Crippen LogP contribution in [0.25, 0.3) is 0 Å². The molecule has 1 saturated carbocycles. The standard InChI is InChI=1S/C10H11FO2/c11-10-8(12)2-1-3-9(10)13-6-7-4-5-7/h1-3,7,12H,4-6H2. The van der Waals surface area contributed by atoms with Crippen LogP contribution in [0, 0.1) is 11.7 Å². The summed E-state index contributed by atoms with van der Waals surface area (Å²) in [6.45, 7) is 0.556. The van der Waals surface area contributed by atoms with Gasteiger partial charge in [-0.1, -0.05) is 6.07 Å². The van der Waals surface area contributed by atoms with Crippen molar-refractivity contribution < 1.29 is 14.2 Å². The quantitative estimate of drug-likeness (QED) is 0.777. The Hall–Kier alpha value is -1.25. The summed E-state index contributed by atoms with van der Waals surface area (Å²) in [5, 5.41) is 9.03. The molecule has 0 bridgehead atoms. The monoisotopic (exact) mass is 182 g/mol. The van der Waals surface area contributed by atoms with Crippen LogP contribution < -0.4 is 4.74 Å². The maximum absolute atomic E-state index is 13.1. The molecule has 2 rings (SSSR count). The Morgan fingerprint density at radius 2 is 2.23 bits per heavy atom. The second-order valence-corrected chi connectivity index (χ2v) is 3.34. The summed E-state index contributed by atoms with van der Waals surface area (Å²) in [7, 11) is 0. The van der Waals surface area contributed by atoms with Crippen molar-refractivity contribution in [3.63, 3.8) is 0 Å². The van der Waals surface area contributed by atoms with Gasteiger partial charge in [0.15, 0.2) is 11.5 Å². The molecule has 0 aromatic heterocycles. The van der Waals surface area contributed by atoms with E-state index < -0.39 is 5.82 Å². The molecule has 13 heavy (non-hydrogen) atoms. The fourth-order valence-corrected chi connectivity index (χ4v) is 1.10. The zero-order valence-corrected chi connectivity index (χ0v) is 7.16. The van der Waals surface area contributed by atoms with Gasteiger partial charge in [0.25, 0.3) is 0 Å². The second kappa shape index (κ2) is 3.24. The highest BCUT2D eigenvalue weighted by Gasteiger charge is 2.22. The normalized spacial score (nSPS) is 15.8. The van der Waals surface area contributed by atoms with Crippen LogP contribution in [0.5, 0.6) is 11.5 Å². The van der Waals surface area contributed by atoms with Crippen LogP contribution in [-0.2, 0) is 0 Å². The number of hydrogen-bond donors (Lipinski definition) is 1. The van der Waals surface area contributed by atoms with Crippen LogP contribution in [0.1, 0.15) is 12.8 Å². The lowest BCUT2D eigenvalue weighted by molar-refractivity contribution is 0.280. The third kappa shape index (κ3) is 1.91. The molecule has 1 fully saturated rings. The van der Waals surface area contributed by atoms with Crippen LogP contribution in [0.4, 0.5) is 4.39 Å². The molecular weight excluding hydrogens is 171 g/mol. The summed E-state index contributed by atoms with van der Waals surface area (Å²) in [5.41, 5.74) is 0. The van der Waals surface area contributed by atoms with Crippen LogP contribution in [0.15, 0.2) is 18.2 Å². The molecule has 0 amide bonds. The predicted octanol–water partition coefficient (Wildman–Crippen LogP) is 2.32. The number of benzene rings is 1. The molecule has 0 unspecified atom stereocenters. The van der Waals surface area contributed by atoms with Crippen molar-refractivity contribution in [2.45, 2.75) is 12.8 Å². The van der Waals surface area contributed by atoms with Gasteiger partial charge in [0.05, 0.1) is 6.61 Å². The predicted molar refractivity (Wildman–Crippen MR) is 46.3 cm³/mol. The lowest BCUT2D eigenvalue weighted by Crippen LogP contribution is -2.00. The van der Waals surface area contributed by atoms with E-state index in [9.17, 15) is 4.39 Å². The van der Waals surface area contributed by atoms with E-state index in [0.29, 0.717) is 12.5 Å². The first-order valence-electron chi connectivity index (χ1n) is 4.37. The highest BCUT2D eigenvalue weighted by molar-refractivity contribution is 5.34. The van der Waals surface area contributed by atoms with Crippen LogP contribution in [0.2, 0.25) is 0 Å². The zero-order valence-electron chi connectivity index (χ0n) is 7.16. The van der Waals surface area contributed by atoms with Crippen molar-refractivity contribution in [2.24, 2.45) is 5.92 Å². The average Bonchev–Trinajstić information content (AvgIpc) is 2.91. The topological polar surface area (TPSA) is 29.5 Å². The zero-order chi connectivity index (χ0) is 9.26. The maximum atomic E-state index is 13.1. The van der Waals surface area contributed by atoms with Gasteiger partial charge in [-0.3, -0.25) is 0 Å². The number of halogens is 1. The van der Waals surface area contributed by atoms with Gasteiger partial charge in [0.1, 0.15) is 0 Å². The maximum Gasteiger partial charge on any atom is 0.206 e. The van der Waals surface area contributed by atoms with Crippen LogP contribution in [-0.4, -0.2) is 11.7 Å². The number of ether oxygens (including phenoxy) is 1. The van der Waals surface area contributed by atoms with Gasteiger partial charge >= 0.3 is 0 Å². The van der Waals surface area contributed by atoms with Gasteiger partial charge in [0.2, 0.25) is 5.82 Å². The number of hydrogen-bond acceptors (Lipinski definition) is 2. The van der Waals surface area contributed by atoms with Gasteiger partial charge < -0.3 is 9.84 Å². The first kappa shape index (κ1) is 8.35. The number of phenols is 1. The molecule has 2 nitrogen and oxygen atoms in total. The summed E-state index contributed by atoms with van der Waals surface area (Å²) >= 11 is 0. The summed E-state index contributed by atoms with van der Waals surface area (Å²) in [5.74, 6) is -0.287. The van der Waals surface area contributed by atoms with E-state index in [0.717, 1.165) is 0 Å². The lowest BCUT2D eigenvalue weighted by atomic mass is 10.3. The van der Waals surface area contributed by atoms with Crippen molar-refractivity contribution in [1.82, 2.24) is 0 Å². The first-order valence-corrected chi connectivity index (χ1v) is 4.37. The number of phenolic OH excluding ortho intramolecular Hbond substituents is 1. The van der Waals surface area contributed by atoms with Crippen LogP contribution >= 0.6 is 0 Å². The number of aromatic hydroxyl groups is 1. The molecular formula is C10H11FO2. The third-order valence-electron chi connectivity index (χ3n) is 2.11. The second-order valence-electron chi connectivity index (χ2n) is 3.34.